The number of nitrogens with two attached hydrogens (primary N) is 1. The van der Waals surface area contributed by atoms with Crippen molar-refractivity contribution in [3.8, 4) is 0 Å². The van der Waals surface area contributed by atoms with Gasteiger partial charge in [-0.3, -0.25) is 0 Å². The zero-order chi connectivity index (χ0) is 14.5. The highest BCUT2D eigenvalue weighted by atomic mass is 32.1. The number of nitrogens with one attached hydrogen (secondary N) is 1. The van der Waals surface area contributed by atoms with Crippen molar-refractivity contribution in [3.63, 3.8) is 0 Å². The van der Waals surface area contributed by atoms with Crippen LogP contribution in [0.1, 0.15) is 36.8 Å². The monoisotopic (exact) mass is 291 g/mol. The van der Waals surface area contributed by atoms with Crippen LogP contribution >= 0.6 is 12.2 Å². The SMILES string of the molecule is Cc1cccc(NC(=O)N2CCCCCC2)c1C(N)=S. The van der Waals surface area contributed by atoms with Crippen LogP contribution in [-0.2, 0) is 0 Å². The van der Waals surface area contributed by atoms with E-state index in [-0.39, 0.29) is 6.03 Å². The zero-order valence-electron chi connectivity index (χ0n) is 11.8. The third-order valence-corrected chi connectivity index (χ3v) is 3.86. The Balaban J connectivity index is 2.15. The van der Waals surface area contributed by atoms with Gasteiger partial charge < -0.3 is 16.0 Å². The van der Waals surface area contributed by atoms with E-state index in [0.717, 1.165) is 37.1 Å². The van der Waals surface area contributed by atoms with E-state index in [0.29, 0.717) is 10.7 Å². The minimum Gasteiger partial charge on any atom is -0.389 e. The zero-order valence-corrected chi connectivity index (χ0v) is 12.6. The minimum atomic E-state index is -0.0602. The van der Waals surface area contributed by atoms with Gasteiger partial charge in [0.2, 0.25) is 0 Å². The van der Waals surface area contributed by atoms with E-state index in [4.69, 9.17) is 18.0 Å². The number of amides is 2. The second kappa shape index (κ2) is 6.70. The molecule has 0 aromatic heterocycles. The fraction of sp³-hybridized carbons (Fsp3) is 0.467. The number of carbonyl (C=O) groups is 1. The number of urea groups is 1. The van der Waals surface area contributed by atoms with Gasteiger partial charge in [0, 0.05) is 18.7 Å². The predicted octanol–water partition coefficient (Wildman–Crippen LogP) is 3.04. The van der Waals surface area contributed by atoms with Crippen molar-refractivity contribution in [2.75, 3.05) is 18.4 Å². The predicted molar refractivity (Wildman–Crippen MR) is 86.1 cm³/mol. The van der Waals surface area contributed by atoms with Crippen LogP contribution in [0.15, 0.2) is 18.2 Å². The van der Waals surface area contributed by atoms with E-state index < -0.39 is 0 Å². The Bertz CT molecular complexity index is 508. The molecule has 1 saturated heterocycles. The smallest absolute Gasteiger partial charge is 0.321 e. The van der Waals surface area contributed by atoms with Gasteiger partial charge in [-0.2, -0.15) is 0 Å². The normalized spacial score (nSPS) is 15.6. The number of aryl methyl sites for hydroxylation is 1. The lowest BCUT2D eigenvalue weighted by Crippen LogP contribution is -2.36. The molecule has 2 amide bonds. The molecule has 1 aliphatic rings. The summed E-state index contributed by atoms with van der Waals surface area (Å²) in [6, 6.07) is 5.62. The van der Waals surface area contributed by atoms with Crippen molar-refractivity contribution < 1.29 is 4.79 Å². The standard InChI is InChI=1S/C15H21N3OS/c1-11-7-6-8-12(13(11)14(16)20)17-15(19)18-9-4-2-3-5-10-18/h6-8H,2-5,9-10H2,1H3,(H2,16,20)(H,17,19). The lowest BCUT2D eigenvalue weighted by molar-refractivity contribution is 0.214. The van der Waals surface area contributed by atoms with Crippen molar-refractivity contribution in [3.05, 3.63) is 29.3 Å². The van der Waals surface area contributed by atoms with Crippen LogP contribution in [0.5, 0.6) is 0 Å². The van der Waals surface area contributed by atoms with E-state index in [1.54, 1.807) is 0 Å². The van der Waals surface area contributed by atoms with Gasteiger partial charge in [0.25, 0.3) is 0 Å². The summed E-state index contributed by atoms with van der Waals surface area (Å²) in [6.45, 7) is 3.58. The Hall–Kier alpha value is -1.62. The first-order chi connectivity index (χ1) is 9.59. The van der Waals surface area contributed by atoms with Crippen molar-refractivity contribution in [1.82, 2.24) is 4.90 Å². The molecule has 20 heavy (non-hydrogen) atoms. The summed E-state index contributed by atoms with van der Waals surface area (Å²) in [4.78, 5) is 14.5. The van der Waals surface area contributed by atoms with E-state index in [2.05, 4.69) is 5.32 Å². The van der Waals surface area contributed by atoms with Crippen LogP contribution in [0, 0.1) is 6.92 Å². The van der Waals surface area contributed by atoms with Crippen LogP contribution in [0.25, 0.3) is 0 Å². The highest BCUT2D eigenvalue weighted by molar-refractivity contribution is 7.80. The molecule has 0 unspecified atom stereocenters. The summed E-state index contributed by atoms with van der Waals surface area (Å²) in [5.41, 5.74) is 8.19. The molecule has 1 aromatic rings. The highest BCUT2D eigenvalue weighted by Crippen LogP contribution is 2.20. The Morgan fingerprint density at radius 3 is 2.50 bits per heavy atom. The first-order valence-corrected chi connectivity index (χ1v) is 7.46. The Morgan fingerprint density at radius 1 is 1.25 bits per heavy atom. The molecular weight excluding hydrogens is 270 g/mol. The molecule has 1 aliphatic heterocycles. The molecule has 0 atom stereocenters. The third-order valence-electron chi connectivity index (χ3n) is 3.65. The van der Waals surface area contributed by atoms with Gasteiger partial charge in [-0.1, -0.05) is 37.2 Å². The second-order valence-corrected chi connectivity index (χ2v) is 5.63. The minimum absolute atomic E-state index is 0.0602. The number of anilines is 1. The summed E-state index contributed by atoms with van der Waals surface area (Å²) >= 11 is 5.08. The van der Waals surface area contributed by atoms with Crippen molar-refractivity contribution in [2.45, 2.75) is 32.6 Å². The lowest BCUT2D eigenvalue weighted by Gasteiger charge is -2.22. The quantitative estimate of drug-likeness (QED) is 0.823. The lowest BCUT2D eigenvalue weighted by atomic mass is 10.1. The van der Waals surface area contributed by atoms with Crippen LogP contribution in [0.4, 0.5) is 10.5 Å². The fourth-order valence-electron chi connectivity index (χ4n) is 2.57. The van der Waals surface area contributed by atoms with Gasteiger partial charge in [0.1, 0.15) is 4.99 Å². The first kappa shape index (κ1) is 14.8. The molecule has 1 aromatic carbocycles. The van der Waals surface area contributed by atoms with Gasteiger partial charge in [-0.15, -0.1) is 0 Å². The van der Waals surface area contributed by atoms with E-state index >= 15 is 0 Å². The first-order valence-electron chi connectivity index (χ1n) is 7.05. The third kappa shape index (κ3) is 3.48. The Kier molecular flexibility index (Phi) is 4.95. The van der Waals surface area contributed by atoms with Crippen LogP contribution < -0.4 is 11.1 Å². The molecule has 4 nitrogen and oxygen atoms in total. The van der Waals surface area contributed by atoms with Crippen molar-refractivity contribution >= 4 is 28.9 Å². The van der Waals surface area contributed by atoms with E-state index in [1.807, 2.05) is 30.0 Å². The fourth-order valence-corrected chi connectivity index (χ4v) is 2.84. The second-order valence-electron chi connectivity index (χ2n) is 5.19. The van der Waals surface area contributed by atoms with Gasteiger partial charge in [0.15, 0.2) is 0 Å². The Labute approximate surface area is 125 Å². The maximum atomic E-state index is 12.3. The van der Waals surface area contributed by atoms with Gasteiger partial charge in [-0.25, -0.2) is 4.79 Å². The number of carbonyl (C=O) groups excluding carboxylic acids is 1. The van der Waals surface area contributed by atoms with Gasteiger partial charge >= 0.3 is 6.03 Å². The van der Waals surface area contributed by atoms with E-state index in [9.17, 15) is 4.79 Å². The maximum Gasteiger partial charge on any atom is 0.321 e. The number of hydrogen-bond donors (Lipinski definition) is 2. The summed E-state index contributed by atoms with van der Waals surface area (Å²) in [5.74, 6) is 0. The van der Waals surface area contributed by atoms with Crippen LogP contribution in [0.2, 0.25) is 0 Å². The molecule has 2 rings (SSSR count). The Morgan fingerprint density at radius 2 is 1.90 bits per heavy atom. The molecule has 108 valence electrons. The molecule has 1 fully saturated rings. The number of nitrogens with zero attached hydrogens (tertiary/aromatic N) is 1. The highest BCUT2D eigenvalue weighted by Gasteiger charge is 2.17. The molecule has 0 aliphatic carbocycles. The molecule has 1 heterocycles. The van der Waals surface area contributed by atoms with Crippen LogP contribution in [-0.4, -0.2) is 29.0 Å². The number of benzene rings is 1. The average molecular weight is 291 g/mol. The maximum absolute atomic E-state index is 12.3. The van der Waals surface area contributed by atoms with Crippen LogP contribution in [0.3, 0.4) is 0 Å². The number of thiocarbonyl (C=S) groups is 1. The number of rotatable bonds is 2. The molecule has 5 heteroatoms. The molecule has 3 N–H and O–H groups in total. The number of likely N-dealkylation sites (tertiary alicyclic amines) is 1. The molecular formula is C15H21N3OS. The molecule has 0 radical (unpaired) electrons. The van der Waals surface area contributed by atoms with Crippen molar-refractivity contribution in [1.29, 1.82) is 0 Å². The van der Waals surface area contributed by atoms with Gasteiger partial charge in [-0.05, 0) is 31.4 Å². The number of hydrogen-bond acceptors (Lipinski definition) is 2. The summed E-state index contributed by atoms with van der Waals surface area (Å²) in [7, 11) is 0. The van der Waals surface area contributed by atoms with Crippen molar-refractivity contribution in [2.24, 2.45) is 5.73 Å². The van der Waals surface area contributed by atoms with Gasteiger partial charge in [0.05, 0.1) is 5.69 Å². The summed E-state index contributed by atoms with van der Waals surface area (Å²) in [6.07, 6.45) is 4.55. The molecule has 0 bridgehead atoms. The topological polar surface area (TPSA) is 58.4 Å². The largest absolute Gasteiger partial charge is 0.389 e. The summed E-state index contributed by atoms with van der Waals surface area (Å²) in [5, 5.41) is 2.95. The summed E-state index contributed by atoms with van der Waals surface area (Å²) < 4.78 is 0. The van der Waals surface area contributed by atoms with E-state index in [1.165, 1.54) is 12.8 Å². The molecule has 0 saturated carbocycles. The average Bonchev–Trinajstić information content (AvgIpc) is 2.67. The molecule has 0 spiro atoms.